The van der Waals surface area contributed by atoms with Crippen molar-refractivity contribution in [2.24, 2.45) is 0 Å². The maximum absolute atomic E-state index is 11.5. The van der Waals surface area contributed by atoms with Crippen molar-refractivity contribution in [3.05, 3.63) is 40.1 Å². The number of benzene rings is 1. The first-order chi connectivity index (χ1) is 9.62. The summed E-state index contributed by atoms with van der Waals surface area (Å²) in [4.78, 5) is 11.5. The molecule has 0 unspecified atom stereocenters. The number of carboxylic acids is 1. The predicted octanol–water partition coefficient (Wildman–Crippen LogP) is 1.99. The molecular weight excluding hydrogens is 324 g/mol. The third kappa shape index (κ3) is 2.11. The highest BCUT2D eigenvalue weighted by atomic mass is 79.9. The highest BCUT2D eigenvalue weighted by Crippen LogP contribution is 2.39. The van der Waals surface area contributed by atoms with E-state index >= 15 is 0 Å². The summed E-state index contributed by atoms with van der Waals surface area (Å²) in [5.41, 5.74) is 0.0953. The molecule has 1 saturated carbocycles. The molecule has 0 spiro atoms. The SMILES string of the molecule is O=C(O)C1(n2nnnc2Cc2ccc(Br)cc2)CCC1. The van der Waals surface area contributed by atoms with Crippen molar-refractivity contribution >= 4 is 21.9 Å². The van der Waals surface area contributed by atoms with Crippen molar-refractivity contribution in [3.63, 3.8) is 0 Å². The number of nitrogens with zero attached hydrogens (tertiary/aromatic N) is 4. The molecule has 6 nitrogen and oxygen atoms in total. The number of hydrogen-bond donors (Lipinski definition) is 1. The molecule has 0 aliphatic heterocycles. The topological polar surface area (TPSA) is 80.9 Å². The Labute approximate surface area is 123 Å². The van der Waals surface area contributed by atoms with Gasteiger partial charge in [-0.15, -0.1) is 5.10 Å². The second-order valence-electron chi connectivity index (χ2n) is 5.00. The Kier molecular flexibility index (Phi) is 3.29. The molecule has 0 atom stereocenters. The first-order valence-electron chi connectivity index (χ1n) is 6.37. The van der Waals surface area contributed by atoms with Crippen molar-refractivity contribution in [2.75, 3.05) is 0 Å². The molecule has 0 radical (unpaired) electrons. The average molecular weight is 337 g/mol. The highest BCUT2D eigenvalue weighted by Gasteiger charge is 2.48. The van der Waals surface area contributed by atoms with E-state index in [9.17, 15) is 9.90 Å². The first kappa shape index (κ1) is 13.2. The Morgan fingerprint density at radius 2 is 2.05 bits per heavy atom. The van der Waals surface area contributed by atoms with E-state index in [-0.39, 0.29) is 0 Å². The first-order valence-corrected chi connectivity index (χ1v) is 7.17. The van der Waals surface area contributed by atoms with E-state index in [1.54, 1.807) is 0 Å². The number of hydrogen-bond acceptors (Lipinski definition) is 4. The van der Waals surface area contributed by atoms with E-state index in [1.165, 1.54) is 4.68 Å². The second-order valence-corrected chi connectivity index (χ2v) is 5.92. The van der Waals surface area contributed by atoms with Gasteiger partial charge in [0.05, 0.1) is 0 Å². The van der Waals surface area contributed by atoms with Crippen LogP contribution in [0.2, 0.25) is 0 Å². The number of tetrazole rings is 1. The molecule has 1 aliphatic rings. The molecule has 7 heteroatoms. The molecule has 0 saturated heterocycles. The monoisotopic (exact) mass is 336 g/mol. The molecule has 1 aliphatic carbocycles. The van der Waals surface area contributed by atoms with Crippen molar-refractivity contribution in [1.29, 1.82) is 0 Å². The number of carbonyl (C=O) groups is 1. The fourth-order valence-corrected chi connectivity index (χ4v) is 2.73. The summed E-state index contributed by atoms with van der Waals surface area (Å²) in [6.45, 7) is 0. The Morgan fingerprint density at radius 3 is 2.60 bits per heavy atom. The molecular formula is C13H13BrN4O2. The van der Waals surface area contributed by atoms with Crippen molar-refractivity contribution in [1.82, 2.24) is 20.2 Å². The summed E-state index contributed by atoms with van der Waals surface area (Å²) in [6, 6.07) is 7.83. The molecule has 1 N–H and O–H groups in total. The standard InChI is InChI=1S/C13H13BrN4O2/c14-10-4-2-9(3-5-10)8-11-15-16-17-18(11)13(12(19)20)6-1-7-13/h2-5H,1,6-8H2,(H,19,20). The fraction of sp³-hybridized carbons (Fsp3) is 0.385. The zero-order chi connectivity index (χ0) is 14.2. The Hall–Kier alpha value is -1.76. The van der Waals surface area contributed by atoms with E-state index in [0.29, 0.717) is 25.1 Å². The van der Waals surface area contributed by atoms with E-state index in [4.69, 9.17) is 0 Å². The zero-order valence-corrected chi connectivity index (χ0v) is 12.2. The van der Waals surface area contributed by atoms with Crippen LogP contribution in [0, 0.1) is 0 Å². The van der Waals surface area contributed by atoms with Crippen LogP contribution in [0.15, 0.2) is 28.7 Å². The van der Waals surface area contributed by atoms with Crippen LogP contribution < -0.4 is 0 Å². The summed E-state index contributed by atoms with van der Waals surface area (Å²) in [6.07, 6.45) is 2.58. The van der Waals surface area contributed by atoms with E-state index in [0.717, 1.165) is 16.5 Å². The smallest absolute Gasteiger partial charge is 0.331 e. The average Bonchev–Trinajstić information content (AvgIpc) is 2.79. The highest BCUT2D eigenvalue weighted by molar-refractivity contribution is 9.10. The molecule has 1 aromatic carbocycles. The van der Waals surface area contributed by atoms with Gasteiger partial charge in [0.2, 0.25) is 0 Å². The molecule has 104 valence electrons. The van der Waals surface area contributed by atoms with Gasteiger partial charge >= 0.3 is 5.97 Å². The van der Waals surface area contributed by atoms with Crippen molar-refractivity contribution in [2.45, 2.75) is 31.2 Å². The van der Waals surface area contributed by atoms with Gasteiger partial charge in [-0.1, -0.05) is 28.1 Å². The van der Waals surface area contributed by atoms with Crippen LogP contribution in [0.25, 0.3) is 0 Å². The number of halogens is 1. The van der Waals surface area contributed by atoms with Gasteiger partial charge in [0, 0.05) is 10.9 Å². The number of rotatable bonds is 4. The van der Waals surface area contributed by atoms with Gasteiger partial charge in [0.1, 0.15) is 0 Å². The van der Waals surface area contributed by atoms with E-state index < -0.39 is 11.5 Å². The third-order valence-electron chi connectivity index (χ3n) is 3.79. The van der Waals surface area contributed by atoms with E-state index in [1.807, 2.05) is 24.3 Å². The Bertz CT molecular complexity index is 634. The molecule has 1 heterocycles. The molecule has 0 amide bonds. The van der Waals surface area contributed by atoms with Gasteiger partial charge in [0.15, 0.2) is 11.4 Å². The minimum atomic E-state index is -0.950. The van der Waals surface area contributed by atoms with Gasteiger partial charge in [-0.25, -0.2) is 9.48 Å². The largest absolute Gasteiger partial charge is 0.479 e. The maximum atomic E-state index is 11.5. The lowest BCUT2D eigenvalue weighted by Gasteiger charge is -2.37. The molecule has 1 aromatic heterocycles. The van der Waals surface area contributed by atoms with Crippen LogP contribution in [0.1, 0.15) is 30.7 Å². The zero-order valence-electron chi connectivity index (χ0n) is 10.7. The lowest BCUT2D eigenvalue weighted by Crippen LogP contribution is -2.49. The predicted molar refractivity (Wildman–Crippen MR) is 74.2 cm³/mol. The minimum Gasteiger partial charge on any atom is -0.479 e. The molecule has 1 fully saturated rings. The quantitative estimate of drug-likeness (QED) is 0.923. The van der Waals surface area contributed by atoms with Crippen LogP contribution >= 0.6 is 15.9 Å². The van der Waals surface area contributed by atoms with Gasteiger partial charge in [-0.05, 0) is 47.4 Å². The van der Waals surface area contributed by atoms with Crippen molar-refractivity contribution < 1.29 is 9.90 Å². The fourth-order valence-electron chi connectivity index (χ4n) is 2.46. The van der Waals surface area contributed by atoms with Gasteiger partial charge < -0.3 is 5.11 Å². The van der Waals surface area contributed by atoms with Crippen LogP contribution in [0.4, 0.5) is 0 Å². The summed E-state index contributed by atoms with van der Waals surface area (Å²) < 4.78 is 2.49. The summed E-state index contributed by atoms with van der Waals surface area (Å²) in [7, 11) is 0. The lowest BCUT2D eigenvalue weighted by molar-refractivity contribution is -0.153. The Morgan fingerprint density at radius 1 is 1.35 bits per heavy atom. The summed E-state index contributed by atoms with van der Waals surface area (Å²) >= 11 is 3.39. The van der Waals surface area contributed by atoms with Crippen LogP contribution in [-0.2, 0) is 16.8 Å². The molecule has 2 aromatic rings. The van der Waals surface area contributed by atoms with Crippen LogP contribution in [0.5, 0.6) is 0 Å². The normalized spacial score (nSPS) is 16.6. The van der Waals surface area contributed by atoms with Gasteiger partial charge in [-0.3, -0.25) is 0 Å². The van der Waals surface area contributed by atoms with Crippen molar-refractivity contribution in [3.8, 4) is 0 Å². The summed E-state index contributed by atoms with van der Waals surface area (Å²) in [5.74, 6) is -0.262. The number of aromatic nitrogens is 4. The molecule has 0 bridgehead atoms. The van der Waals surface area contributed by atoms with Crippen LogP contribution in [0.3, 0.4) is 0 Å². The molecule has 3 rings (SSSR count). The number of carboxylic acid groups (broad SMARTS) is 1. The van der Waals surface area contributed by atoms with Gasteiger partial charge in [-0.2, -0.15) is 0 Å². The third-order valence-corrected chi connectivity index (χ3v) is 4.32. The second kappa shape index (κ2) is 4.97. The molecule has 20 heavy (non-hydrogen) atoms. The Balaban J connectivity index is 1.90. The number of aliphatic carboxylic acids is 1. The summed E-state index contributed by atoms with van der Waals surface area (Å²) in [5, 5.41) is 21.0. The van der Waals surface area contributed by atoms with Gasteiger partial charge in [0.25, 0.3) is 0 Å². The lowest BCUT2D eigenvalue weighted by atomic mass is 9.77. The van der Waals surface area contributed by atoms with Crippen LogP contribution in [-0.4, -0.2) is 31.3 Å². The van der Waals surface area contributed by atoms with E-state index in [2.05, 4.69) is 31.5 Å². The maximum Gasteiger partial charge on any atom is 0.331 e. The minimum absolute atomic E-state index is 0.523.